The van der Waals surface area contributed by atoms with Crippen LogP contribution in [0, 0.1) is 0 Å². The Balaban J connectivity index is 2.08. The lowest BCUT2D eigenvalue weighted by Gasteiger charge is -2.10. The van der Waals surface area contributed by atoms with E-state index in [1.165, 1.54) is 12.1 Å². The third-order valence-corrected chi connectivity index (χ3v) is 3.83. The summed E-state index contributed by atoms with van der Waals surface area (Å²) in [6.07, 6.45) is -1.96. The average molecular weight is 348 g/mol. The average Bonchev–Trinajstić information content (AvgIpc) is 3.24. The lowest BCUT2D eigenvalue weighted by Crippen LogP contribution is -2.10. The predicted molar refractivity (Wildman–Crippen MR) is 72.7 cm³/mol. The van der Waals surface area contributed by atoms with E-state index in [0.717, 1.165) is 19.0 Å². The first kappa shape index (κ1) is 16.2. The Morgan fingerprint density at radius 3 is 2.78 bits per heavy atom. The molecule has 2 heterocycles. The van der Waals surface area contributed by atoms with Crippen LogP contribution >= 0.6 is 8.25 Å². The summed E-state index contributed by atoms with van der Waals surface area (Å²) in [7, 11) is -3.22. The summed E-state index contributed by atoms with van der Waals surface area (Å²) in [5.41, 5.74) is -1.13. The van der Waals surface area contributed by atoms with Gasteiger partial charge in [-0.3, -0.25) is 9.55 Å². The highest BCUT2D eigenvalue weighted by Crippen LogP contribution is 2.45. The van der Waals surface area contributed by atoms with Gasteiger partial charge in [-0.2, -0.15) is 13.2 Å². The molecule has 0 saturated heterocycles. The van der Waals surface area contributed by atoms with E-state index in [4.69, 9.17) is 13.9 Å². The van der Waals surface area contributed by atoms with Crippen molar-refractivity contribution in [1.82, 2.24) is 10.1 Å². The first-order valence-electron chi connectivity index (χ1n) is 6.74. The Hall–Kier alpha value is -1.70. The number of nitrogens with zero attached hydrogens (tertiary/aromatic N) is 2. The molecule has 2 aromatic rings. The van der Waals surface area contributed by atoms with Gasteiger partial charge in [-0.25, -0.2) is 0 Å². The third-order valence-electron chi connectivity index (χ3n) is 3.44. The first-order valence-corrected chi connectivity index (χ1v) is 8.01. The van der Waals surface area contributed by atoms with Crippen LogP contribution in [0.25, 0.3) is 11.3 Å². The normalized spacial score (nSPS) is 16.5. The number of halogens is 3. The number of hydrogen-bond acceptors (Lipinski definition) is 5. The number of alkyl halides is 3. The van der Waals surface area contributed by atoms with Crippen molar-refractivity contribution in [2.45, 2.75) is 31.5 Å². The van der Waals surface area contributed by atoms with Crippen molar-refractivity contribution < 1.29 is 31.7 Å². The van der Waals surface area contributed by atoms with E-state index in [1.807, 2.05) is 0 Å². The topological polar surface area (TPSA) is 85.5 Å². The minimum atomic E-state index is -4.65. The van der Waals surface area contributed by atoms with Gasteiger partial charge in [0.05, 0.1) is 6.61 Å². The minimum Gasteiger partial charge on any atom is -0.360 e. The smallest absolute Gasteiger partial charge is 0.360 e. The molecule has 1 fully saturated rings. The minimum absolute atomic E-state index is 0.0573. The molecule has 1 aliphatic rings. The zero-order chi connectivity index (χ0) is 16.6. The van der Waals surface area contributed by atoms with Crippen molar-refractivity contribution in [3.63, 3.8) is 0 Å². The molecule has 6 nitrogen and oxygen atoms in total. The largest absolute Gasteiger partial charge is 0.434 e. The fourth-order valence-corrected chi connectivity index (χ4v) is 2.56. The molecular weight excluding hydrogens is 336 g/mol. The molecule has 0 amide bonds. The fourth-order valence-electron chi connectivity index (χ4n) is 2.30. The zero-order valence-electron chi connectivity index (χ0n) is 11.6. The van der Waals surface area contributed by atoms with Gasteiger partial charge in [0.15, 0.2) is 5.69 Å². The number of hydrogen-bond donors (Lipinski definition) is 1. The van der Waals surface area contributed by atoms with Crippen LogP contribution < -0.4 is 0 Å². The monoisotopic (exact) mass is 348 g/mol. The maximum absolute atomic E-state index is 13.1. The van der Waals surface area contributed by atoms with Crippen molar-refractivity contribution in [3.05, 3.63) is 35.3 Å². The lowest BCUT2D eigenvalue weighted by atomic mass is 10.0. The van der Waals surface area contributed by atoms with Gasteiger partial charge in [0.25, 0.3) is 0 Å². The highest BCUT2D eigenvalue weighted by atomic mass is 31.1. The second-order valence-electron chi connectivity index (χ2n) is 5.10. The molecule has 0 bridgehead atoms. The summed E-state index contributed by atoms with van der Waals surface area (Å²) in [6.45, 7) is -0.342. The fraction of sp³-hybridized carbons (Fsp3) is 0.385. The predicted octanol–water partition coefficient (Wildman–Crippen LogP) is 3.53. The summed E-state index contributed by atoms with van der Waals surface area (Å²) < 4.78 is 60.0. The lowest BCUT2D eigenvalue weighted by molar-refractivity contribution is -0.140. The number of rotatable bonds is 5. The first-order chi connectivity index (χ1) is 10.9. The molecule has 1 saturated carbocycles. The van der Waals surface area contributed by atoms with Crippen LogP contribution in [0.2, 0.25) is 0 Å². The molecule has 1 N–H and O–H groups in total. The Kier molecular flexibility index (Phi) is 4.27. The molecule has 23 heavy (non-hydrogen) atoms. The molecule has 124 valence electrons. The van der Waals surface area contributed by atoms with Crippen LogP contribution in [0.3, 0.4) is 0 Å². The molecule has 0 aliphatic heterocycles. The van der Waals surface area contributed by atoms with Gasteiger partial charge in [-0.1, -0.05) is 5.16 Å². The van der Waals surface area contributed by atoms with Crippen LogP contribution in [-0.2, 0) is 21.9 Å². The van der Waals surface area contributed by atoms with Crippen LogP contribution in [0.5, 0.6) is 0 Å². The van der Waals surface area contributed by atoms with E-state index in [0.29, 0.717) is 5.76 Å². The molecule has 0 radical (unpaired) electrons. The summed E-state index contributed by atoms with van der Waals surface area (Å²) in [5.74, 6) is 0.460. The van der Waals surface area contributed by atoms with Crippen molar-refractivity contribution in [2.24, 2.45) is 0 Å². The molecule has 0 spiro atoms. The summed E-state index contributed by atoms with van der Waals surface area (Å²) >= 11 is 0. The van der Waals surface area contributed by atoms with Gasteiger partial charge in [-0.05, 0) is 25.0 Å². The quantitative estimate of drug-likeness (QED) is 0.832. The van der Waals surface area contributed by atoms with Gasteiger partial charge in [0.2, 0.25) is 0 Å². The van der Waals surface area contributed by atoms with E-state index in [-0.39, 0.29) is 29.3 Å². The van der Waals surface area contributed by atoms with E-state index < -0.39 is 20.1 Å². The van der Waals surface area contributed by atoms with Gasteiger partial charge < -0.3 is 13.9 Å². The molecule has 1 aliphatic carbocycles. The molecule has 3 rings (SSSR count). The van der Waals surface area contributed by atoms with Crippen molar-refractivity contribution in [3.8, 4) is 11.3 Å². The second kappa shape index (κ2) is 6.07. The molecule has 0 aromatic carbocycles. The van der Waals surface area contributed by atoms with Gasteiger partial charge >= 0.3 is 14.4 Å². The van der Waals surface area contributed by atoms with E-state index in [1.54, 1.807) is 0 Å². The molecule has 1 unspecified atom stereocenters. The third kappa shape index (κ3) is 3.46. The van der Waals surface area contributed by atoms with Crippen LogP contribution in [0.15, 0.2) is 22.9 Å². The van der Waals surface area contributed by atoms with Crippen molar-refractivity contribution >= 4 is 8.25 Å². The summed E-state index contributed by atoms with van der Waals surface area (Å²) in [4.78, 5) is 12.2. The summed E-state index contributed by atoms with van der Waals surface area (Å²) in [6, 6.07) is 2.59. The highest BCUT2D eigenvalue weighted by molar-refractivity contribution is 7.32. The van der Waals surface area contributed by atoms with Gasteiger partial charge in [0, 0.05) is 23.2 Å². The second-order valence-corrected chi connectivity index (χ2v) is 5.92. The Labute approximate surface area is 129 Å². The highest BCUT2D eigenvalue weighted by Gasteiger charge is 2.38. The molecule has 10 heteroatoms. The number of pyridine rings is 1. The Morgan fingerprint density at radius 1 is 1.43 bits per heavy atom. The van der Waals surface area contributed by atoms with Crippen molar-refractivity contribution in [1.29, 1.82) is 0 Å². The van der Waals surface area contributed by atoms with Crippen LogP contribution in [-0.4, -0.2) is 15.0 Å². The maximum Gasteiger partial charge on any atom is 0.434 e. The van der Waals surface area contributed by atoms with Crippen LogP contribution in [0.4, 0.5) is 13.2 Å². The zero-order valence-corrected chi connectivity index (χ0v) is 12.6. The van der Waals surface area contributed by atoms with Crippen molar-refractivity contribution in [2.75, 3.05) is 0 Å². The SMILES string of the molecule is O=[PH](O)OCc1c(-c2cccnc2C(F)(F)F)noc1C1CC1. The molecule has 1 atom stereocenters. The standard InChI is InChI=1S/C13H12F3N2O4P/c14-13(15,16)12-8(2-1-5-17-12)10-9(6-21-23(19)20)11(22-18-10)7-3-4-7/h1-2,5,7,23H,3-4,6H2,(H,19,20). The van der Waals surface area contributed by atoms with E-state index in [2.05, 4.69) is 10.1 Å². The summed E-state index contributed by atoms with van der Waals surface area (Å²) in [5, 5.41) is 3.73. The maximum atomic E-state index is 13.1. The Morgan fingerprint density at radius 2 is 2.17 bits per heavy atom. The van der Waals surface area contributed by atoms with E-state index in [9.17, 15) is 17.7 Å². The van der Waals surface area contributed by atoms with E-state index >= 15 is 0 Å². The molecular formula is C13H12F3N2O4P. The number of aromatic nitrogens is 2. The van der Waals surface area contributed by atoms with Gasteiger partial charge in [-0.15, -0.1) is 0 Å². The Bertz CT molecular complexity index is 743. The van der Waals surface area contributed by atoms with Gasteiger partial charge in [0.1, 0.15) is 11.5 Å². The van der Waals surface area contributed by atoms with Crippen LogP contribution in [0.1, 0.15) is 35.8 Å². The molecule has 2 aromatic heterocycles.